The summed E-state index contributed by atoms with van der Waals surface area (Å²) in [5.41, 5.74) is 0. The molecule has 100 valence electrons. The Balaban J connectivity index is 1.94. The summed E-state index contributed by atoms with van der Waals surface area (Å²) in [7, 11) is 1.42. The van der Waals surface area contributed by atoms with E-state index in [1.807, 2.05) is 23.6 Å². The van der Waals surface area contributed by atoms with Gasteiger partial charge in [0.1, 0.15) is 11.6 Å². The molecule has 6 heteroatoms. The van der Waals surface area contributed by atoms with E-state index in [2.05, 4.69) is 10.2 Å². The van der Waals surface area contributed by atoms with Crippen LogP contribution in [0.5, 0.6) is 0 Å². The lowest BCUT2D eigenvalue weighted by atomic mass is 9.99. The van der Waals surface area contributed by atoms with Crippen molar-refractivity contribution in [2.24, 2.45) is 5.92 Å². The fourth-order valence-electron chi connectivity index (χ4n) is 2.42. The number of aromatic nitrogens is 3. The van der Waals surface area contributed by atoms with E-state index in [1.165, 1.54) is 7.11 Å². The van der Waals surface area contributed by atoms with Gasteiger partial charge in [0.05, 0.1) is 13.0 Å². The van der Waals surface area contributed by atoms with Crippen LogP contribution in [-0.4, -0.2) is 27.8 Å². The van der Waals surface area contributed by atoms with Gasteiger partial charge in [0.2, 0.25) is 0 Å². The lowest BCUT2D eigenvalue weighted by molar-refractivity contribution is -0.146. The van der Waals surface area contributed by atoms with Crippen LogP contribution < -0.4 is 0 Å². The zero-order valence-corrected chi connectivity index (χ0v) is 10.9. The highest BCUT2D eigenvalue weighted by Crippen LogP contribution is 2.27. The van der Waals surface area contributed by atoms with E-state index in [-0.39, 0.29) is 11.9 Å². The number of hydrogen-bond donors (Lipinski definition) is 0. The number of fused-ring (bicyclic) bond motifs is 1. The highest BCUT2D eigenvalue weighted by molar-refractivity contribution is 5.72. The van der Waals surface area contributed by atoms with Crippen LogP contribution in [0, 0.1) is 12.8 Å². The zero-order chi connectivity index (χ0) is 13.4. The minimum Gasteiger partial charge on any atom is -0.469 e. The Kier molecular flexibility index (Phi) is 2.85. The number of ether oxygens (including phenoxy) is 1. The van der Waals surface area contributed by atoms with E-state index < -0.39 is 0 Å². The van der Waals surface area contributed by atoms with Gasteiger partial charge in [-0.2, -0.15) is 0 Å². The molecule has 0 saturated carbocycles. The van der Waals surface area contributed by atoms with E-state index in [4.69, 9.17) is 9.15 Å². The number of esters is 1. The molecule has 0 radical (unpaired) electrons. The van der Waals surface area contributed by atoms with Gasteiger partial charge in [0.15, 0.2) is 11.6 Å². The Morgan fingerprint density at radius 1 is 1.47 bits per heavy atom. The first kappa shape index (κ1) is 12.0. The Morgan fingerprint density at radius 3 is 3.00 bits per heavy atom. The van der Waals surface area contributed by atoms with Crippen LogP contribution in [0.2, 0.25) is 0 Å². The summed E-state index contributed by atoms with van der Waals surface area (Å²) < 4.78 is 12.3. The highest BCUT2D eigenvalue weighted by atomic mass is 16.5. The van der Waals surface area contributed by atoms with Crippen molar-refractivity contribution in [1.82, 2.24) is 14.8 Å². The second-order valence-electron chi connectivity index (χ2n) is 4.72. The Morgan fingerprint density at radius 2 is 2.32 bits per heavy atom. The minimum absolute atomic E-state index is 0.136. The molecule has 1 atom stereocenters. The van der Waals surface area contributed by atoms with Crippen molar-refractivity contribution in [2.45, 2.75) is 26.3 Å². The molecule has 2 aromatic rings. The summed E-state index contributed by atoms with van der Waals surface area (Å²) in [5, 5.41) is 8.33. The Labute approximate surface area is 110 Å². The second kappa shape index (κ2) is 4.53. The van der Waals surface area contributed by atoms with E-state index in [1.54, 1.807) is 0 Å². The van der Waals surface area contributed by atoms with Gasteiger partial charge in [-0.05, 0) is 25.5 Å². The predicted molar refractivity (Wildman–Crippen MR) is 66.3 cm³/mol. The van der Waals surface area contributed by atoms with Gasteiger partial charge in [0.25, 0.3) is 0 Å². The number of aryl methyl sites for hydroxylation is 2. The van der Waals surface area contributed by atoms with Crippen molar-refractivity contribution in [2.75, 3.05) is 7.11 Å². The van der Waals surface area contributed by atoms with Crippen molar-refractivity contribution in [3.05, 3.63) is 23.7 Å². The molecule has 0 aromatic carbocycles. The molecular weight excluding hydrogens is 246 g/mol. The van der Waals surface area contributed by atoms with E-state index >= 15 is 0 Å². The molecule has 0 bridgehead atoms. The van der Waals surface area contributed by atoms with Crippen molar-refractivity contribution in [3.63, 3.8) is 0 Å². The number of methoxy groups -OCH3 is 1. The Hall–Kier alpha value is -2.11. The van der Waals surface area contributed by atoms with Gasteiger partial charge in [-0.25, -0.2) is 0 Å². The smallest absolute Gasteiger partial charge is 0.310 e. The highest BCUT2D eigenvalue weighted by Gasteiger charge is 2.29. The molecule has 0 N–H and O–H groups in total. The largest absolute Gasteiger partial charge is 0.469 e. The summed E-state index contributed by atoms with van der Waals surface area (Å²) in [6.07, 6.45) is 1.48. The molecule has 3 rings (SSSR count). The zero-order valence-electron chi connectivity index (χ0n) is 10.9. The molecule has 1 aliphatic rings. The number of hydrogen-bond acceptors (Lipinski definition) is 5. The maximum Gasteiger partial charge on any atom is 0.310 e. The average Bonchev–Trinajstić information content (AvgIpc) is 3.02. The maximum atomic E-state index is 11.7. The molecule has 3 heterocycles. The summed E-state index contributed by atoms with van der Waals surface area (Å²) in [4.78, 5) is 11.7. The van der Waals surface area contributed by atoms with Crippen molar-refractivity contribution in [3.8, 4) is 11.6 Å². The molecule has 0 spiro atoms. The molecule has 0 amide bonds. The monoisotopic (exact) mass is 261 g/mol. The fraction of sp³-hybridized carbons (Fsp3) is 0.462. The van der Waals surface area contributed by atoms with Gasteiger partial charge < -0.3 is 13.7 Å². The topological polar surface area (TPSA) is 70.2 Å². The lowest BCUT2D eigenvalue weighted by Crippen LogP contribution is -2.28. The van der Waals surface area contributed by atoms with Gasteiger partial charge in [0, 0.05) is 13.0 Å². The molecular formula is C13H15N3O3. The predicted octanol–water partition coefficient (Wildman–Crippen LogP) is 1.58. The minimum atomic E-state index is -0.180. The summed E-state index contributed by atoms with van der Waals surface area (Å²) in [6.45, 7) is 2.43. The van der Waals surface area contributed by atoms with Crippen LogP contribution in [0.4, 0.5) is 0 Å². The van der Waals surface area contributed by atoms with Crippen molar-refractivity contribution in [1.29, 1.82) is 0 Å². The quantitative estimate of drug-likeness (QED) is 0.768. The second-order valence-corrected chi connectivity index (χ2v) is 4.72. The standard InChI is InChI=1S/C13H15N3O3/c1-8-3-5-10(19-8)12-15-14-11-6-4-9(7-16(11)12)13(17)18-2/h3,5,9H,4,6-7H2,1-2H3. The number of nitrogens with zero attached hydrogens (tertiary/aromatic N) is 3. The normalized spacial score (nSPS) is 18.1. The third-order valence-electron chi connectivity index (χ3n) is 3.44. The first-order valence-electron chi connectivity index (χ1n) is 6.25. The number of carbonyl (C=O) groups is 1. The molecule has 19 heavy (non-hydrogen) atoms. The molecule has 6 nitrogen and oxygen atoms in total. The lowest BCUT2D eigenvalue weighted by Gasteiger charge is -2.21. The molecule has 0 saturated heterocycles. The van der Waals surface area contributed by atoms with Crippen LogP contribution in [0.3, 0.4) is 0 Å². The van der Waals surface area contributed by atoms with Crippen LogP contribution >= 0.6 is 0 Å². The number of carbonyl (C=O) groups excluding carboxylic acids is 1. The first-order valence-corrected chi connectivity index (χ1v) is 6.25. The summed E-state index contributed by atoms with van der Waals surface area (Å²) >= 11 is 0. The number of furan rings is 1. The van der Waals surface area contributed by atoms with E-state index in [9.17, 15) is 4.79 Å². The van der Waals surface area contributed by atoms with Gasteiger partial charge in [-0.1, -0.05) is 0 Å². The summed E-state index contributed by atoms with van der Waals surface area (Å²) in [5.74, 6) is 2.76. The van der Waals surface area contributed by atoms with Gasteiger partial charge >= 0.3 is 5.97 Å². The third-order valence-corrected chi connectivity index (χ3v) is 3.44. The molecule has 0 aliphatic carbocycles. The van der Waals surface area contributed by atoms with Crippen molar-refractivity contribution >= 4 is 5.97 Å². The van der Waals surface area contributed by atoms with Gasteiger partial charge in [-0.15, -0.1) is 10.2 Å². The van der Waals surface area contributed by atoms with Crippen LogP contribution in [0.1, 0.15) is 18.0 Å². The summed E-state index contributed by atoms with van der Waals surface area (Å²) in [6, 6.07) is 3.76. The first-order chi connectivity index (χ1) is 9.19. The third kappa shape index (κ3) is 2.03. The fourth-order valence-corrected chi connectivity index (χ4v) is 2.42. The Bertz CT molecular complexity index is 614. The van der Waals surface area contributed by atoms with E-state index in [0.717, 1.165) is 24.4 Å². The van der Waals surface area contributed by atoms with Crippen LogP contribution in [0.15, 0.2) is 16.5 Å². The van der Waals surface area contributed by atoms with Gasteiger partial charge in [-0.3, -0.25) is 4.79 Å². The molecule has 0 fully saturated rings. The maximum absolute atomic E-state index is 11.7. The van der Waals surface area contributed by atoms with Crippen LogP contribution in [-0.2, 0) is 22.5 Å². The SMILES string of the molecule is COC(=O)C1CCc2nnc(-c3ccc(C)o3)n2C1. The van der Waals surface area contributed by atoms with E-state index in [0.29, 0.717) is 18.1 Å². The number of rotatable bonds is 2. The molecule has 1 unspecified atom stereocenters. The van der Waals surface area contributed by atoms with Crippen LogP contribution in [0.25, 0.3) is 11.6 Å². The van der Waals surface area contributed by atoms with Crippen molar-refractivity contribution < 1.29 is 13.9 Å². The molecule has 1 aliphatic heterocycles. The average molecular weight is 261 g/mol. The molecule has 2 aromatic heterocycles.